The Bertz CT molecular complexity index is 357. The molecule has 1 nitrogen and oxygen atoms in total. The van der Waals surface area contributed by atoms with E-state index in [0.29, 0.717) is 23.6 Å². The highest BCUT2D eigenvalue weighted by molar-refractivity contribution is 6.30. The second-order valence-electron chi connectivity index (χ2n) is 5.24. The molecule has 0 saturated carbocycles. The van der Waals surface area contributed by atoms with Gasteiger partial charge < -0.3 is 5.73 Å². The van der Waals surface area contributed by atoms with Gasteiger partial charge in [0.1, 0.15) is 5.82 Å². The van der Waals surface area contributed by atoms with Crippen LogP contribution in [0.1, 0.15) is 26.3 Å². The summed E-state index contributed by atoms with van der Waals surface area (Å²) < 4.78 is 13.6. The van der Waals surface area contributed by atoms with Gasteiger partial charge >= 0.3 is 0 Å². The van der Waals surface area contributed by atoms with Crippen molar-refractivity contribution < 1.29 is 4.39 Å². The van der Waals surface area contributed by atoms with E-state index in [1.54, 1.807) is 12.1 Å². The van der Waals surface area contributed by atoms with E-state index in [2.05, 4.69) is 20.8 Å². The van der Waals surface area contributed by atoms with Crippen molar-refractivity contribution in [3.05, 3.63) is 34.6 Å². The summed E-state index contributed by atoms with van der Waals surface area (Å²) in [7, 11) is 0. The summed E-state index contributed by atoms with van der Waals surface area (Å²) in [5.41, 5.74) is 6.51. The minimum atomic E-state index is -0.241. The van der Waals surface area contributed by atoms with Crippen LogP contribution in [0.15, 0.2) is 18.2 Å². The van der Waals surface area contributed by atoms with E-state index in [9.17, 15) is 4.39 Å². The van der Waals surface area contributed by atoms with Gasteiger partial charge in [-0.05, 0) is 42.0 Å². The Hall–Kier alpha value is -0.600. The molecule has 2 N–H and O–H groups in total. The van der Waals surface area contributed by atoms with Gasteiger partial charge in [0.05, 0.1) is 0 Å². The quantitative estimate of drug-likeness (QED) is 0.862. The Balaban J connectivity index is 2.86. The van der Waals surface area contributed by atoms with E-state index in [0.717, 1.165) is 0 Å². The summed E-state index contributed by atoms with van der Waals surface area (Å²) in [4.78, 5) is 0. The second-order valence-corrected chi connectivity index (χ2v) is 5.67. The Labute approximate surface area is 102 Å². The van der Waals surface area contributed by atoms with E-state index >= 15 is 0 Å². The lowest BCUT2D eigenvalue weighted by Crippen LogP contribution is -2.30. The van der Waals surface area contributed by atoms with Crippen molar-refractivity contribution in [1.82, 2.24) is 0 Å². The summed E-state index contributed by atoms with van der Waals surface area (Å²) in [6.45, 7) is 6.93. The fourth-order valence-corrected chi connectivity index (χ4v) is 1.85. The minimum Gasteiger partial charge on any atom is -0.330 e. The Morgan fingerprint density at radius 3 is 2.44 bits per heavy atom. The van der Waals surface area contributed by atoms with Gasteiger partial charge in [-0.3, -0.25) is 0 Å². The van der Waals surface area contributed by atoms with Gasteiger partial charge in [-0.15, -0.1) is 0 Å². The molecule has 0 radical (unpaired) electrons. The Kier molecular flexibility index (Phi) is 4.34. The van der Waals surface area contributed by atoms with E-state index in [1.165, 1.54) is 6.07 Å². The molecule has 0 aliphatic heterocycles. The zero-order chi connectivity index (χ0) is 12.3. The zero-order valence-electron chi connectivity index (χ0n) is 10.1. The number of nitrogens with two attached hydrogens (primary N) is 1. The molecule has 1 aromatic carbocycles. The van der Waals surface area contributed by atoms with E-state index < -0.39 is 0 Å². The van der Waals surface area contributed by atoms with Crippen molar-refractivity contribution in [2.75, 3.05) is 6.54 Å². The topological polar surface area (TPSA) is 26.0 Å². The van der Waals surface area contributed by atoms with Crippen molar-refractivity contribution in [2.24, 2.45) is 17.1 Å². The predicted molar refractivity (Wildman–Crippen MR) is 67.1 cm³/mol. The third-order valence-electron chi connectivity index (χ3n) is 2.99. The largest absolute Gasteiger partial charge is 0.330 e. The maximum Gasteiger partial charge on any atom is 0.127 e. The first kappa shape index (κ1) is 13.5. The van der Waals surface area contributed by atoms with Gasteiger partial charge in [-0.25, -0.2) is 4.39 Å². The average Bonchev–Trinajstić information content (AvgIpc) is 2.14. The van der Waals surface area contributed by atoms with Gasteiger partial charge in [0.2, 0.25) is 0 Å². The van der Waals surface area contributed by atoms with Crippen LogP contribution in [0.25, 0.3) is 0 Å². The van der Waals surface area contributed by atoms with Crippen LogP contribution in [0.2, 0.25) is 5.02 Å². The minimum absolute atomic E-state index is 0.0842. The number of hydrogen-bond donors (Lipinski definition) is 1. The SMILES string of the molecule is CC(C)(C)C(CN)Cc1ccc(Cl)cc1F. The summed E-state index contributed by atoms with van der Waals surface area (Å²) in [6, 6.07) is 4.81. The van der Waals surface area contributed by atoms with E-state index in [1.807, 2.05) is 0 Å². The maximum absolute atomic E-state index is 13.6. The number of rotatable bonds is 3. The molecule has 0 aliphatic carbocycles. The smallest absolute Gasteiger partial charge is 0.127 e. The van der Waals surface area contributed by atoms with Crippen LogP contribution in [-0.2, 0) is 6.42 Å². The van der Waals surface area contributed by atoms with Crippen LogP contribution < -0.4 is 5.73 Å². The molecular weight excluding hydrogens is 225 g/mol. The summed E-state index contributed by atoms with van der Waals surface area (Å²) >= 11 is 5.71. The van der Waals surface area contributed by atoms with Gasteiger partial charge in [0.15, 0.2) is 0 Å². The van der Waals surface area contributed by atoms with Gasteiger partial charge in [-0.2, -0.15) is 0 Å². The fraction of sp³-hybridized carbons (Fsp3) is 0.538. The molecular formula is C13H19ClFN. The molecule has 1 rings (SSSR count). The number of hydrogen-bond acceptors (Lipinski definition) is 1. The van der Waals surface area contributed by atoms with E-state index in [4.69, 9.17) is 17.3 Å². The molecule has 0 bridgehead atoms. The van der Waals surface area contributed by atoms with Crippen LogP contribution in [0.3, 0.4) is 0 Å². The lowest BCUT2D eigenvalue weighted by molar-refractivity contribution is 0.244. The van der Waals surface area contributed by atoms with Crippen LogP contribution >= 0.6 is 11.6 Å². The monoisotopic (exact) mass is 243 g/mol. The average molecular weight is 244 g/mol. The van der Waals surface area contributed by atoms with Gasteiger partial charge in [-0.1, -0.05) is 38.4 Å². The summed E-state index contributed by atoms with van der Waals surface area (Å²) in [5.74, 6) is 0.0263. The van der Waals surface area contributed by atoms with Crippen molar-refractivity contribution in [3.8, 4) is 0 Å². The highest BCUT2D eigenvalue weighted by Gasteiger charge is 2.24. The summed E-state index contributed by atoms with van der Waals surface area (Å²) in [6.07, 6.45) is 0.656. The van der Waals surface area contributed by atoms with Crippen LogP contribution in [-0.4, -0.2) is 6.54 Å². The molecule has 1 aromatic rings. The molecule has 1 unspecified atom stereocenters. The molecule has 0 aromatic heterocycles. The van der Waals surface area contributed by atoms with Crippen LogP contribution in [0.4, 0.5) is 4.39 Å². The molecule has 1 atom stereocenters. The first-order valence-corrected chi connectivity index (χ1v) is 5.86. The van der Waals surface area contributed by atoms with Crippen molar-refractivity contribution in [2.45, 2.75) is 27.2 Å². The summed E-state index contributed by atoms with van der Waals surface area (Å²) in [5, 5.41) is 0.432. The molecule has 90 valence electrons. The number of halogens is 2. The van der Waals surface area contributed by atoms with E-state index in [-0.39, 0.29) is 17.2 Å². The molecule has 0 aliphatic rings. The van der Waals surface area contributed by atoms with Crippen LogP contribution in [0.5, 0.6) is 0 Å². The molecule has 0 fully saturated rings. The first-order valence-electron chi connectivity index (χ1n) is 5.48. The molecule has 3 heteroatoms. The molecule has 0 amide bonds. The third kappa shape index (κ3) is 3.46. The maximum atomic E-state index is 13.6. The molecule has 0 saturated heterocycles. The third-order valence-corrected chi connectivity index (χ3v) is 3.23. The highest BCUT2D eigenvalue weighted by Crippen LogP contribution is 2.29. The van der Waals surface area contributed by atoms with Crippen LogP contribution in [0, 0.1) is 17.2 Å². The van der Waals surface area contributed by atoms with Gasteiger partial charge in [0.25, 0.3) is 0 Å². The zero-order valence-corrected chi connectivity index (χ0v) is 10.8. The van der Waals surface area contributed by atoms with Crippen molar-refractivity contribution in [3.63, 3.8) is 0 Å². The molecule has 0 spiro atoms. The second kappa shape index (κ2) is 5.15. The fourth-order valence-electron chi connectivity index (χ4n) is 1.70. The van der Waals surface area contributed by atoms with Crippen molar-refractivity contribution in [1.29, 1.82) is 0 Å². The Morgan fingerprint density at radius 1 is 1.38 bits per heavy atom. The Morgan fingerprint density at radius 2 is 2.00 bits per heavy atom. The molecule has 0 heterocycles. The normalized spacial score (nSPS) is 13.9. The highest BCUT2D eigenvalue weighted by atomic mass is 35.5. The first-order chi connectivity index (χ1) is 7.34. The lowest BCUT2D eigenvalue weighted by Gasteiger charge is -2.29. The van der Waals surface area contributed by atoms with Gasteiger partial charge in [0, 0.05) is 5.02 Å². The lowest BCUT2D eigenvalue weighted by atomic mass is 9.77. The molecule has 16 heavy (non-hydrogen) atoms. The van der Waals surface area contributed by atoms with Crippen molar-refractivity contribution >= 4 is 11.6 Å². The number of benzene rings is 1. The standard InChI is InChI=1S/C13H19ClFN/c1-13(2,3)10(8-16)6-9-4-5-11(14)7-12(9)15/h4-5,7,10H,6,8,16H2,1-3H3. The predicted octanol–water partition coefficient (Wildman–Crippen LogP) is 3.64.